The van der Waals surface area contributed by atoms with E-state index >= 15 is 0 Å². The van der Waals surface area contributed by atoms with Crippen molar-refractivity contribution in [2.24, 2.45) is 0 Å². The average molecular weight is 362 g/mol. The summed E-state index contributed by atoms with van der Waals surface area (Å²) in [6, 6.07) is 1.45. The summed E-state index contributed by atoms with van der Waals surface area (Å²) < 4.78 is 27.1. The van der Waals surface area contributed by atoms with E-state index in [4.69, 9.17) is 11.6 Å². The van der Waals surface area contributed by atoms with Crippen LogP contribution in [0, 0.1) is 0 Å². The average Bonchev–Trinajstić information content (AvgIpc) is 2.59. The van der Waals surface area contributed by atoms with Crippen LogP contribution in [-0.2, 0) is 10.0 Å². The lowest BCUT2D eigenvalue weighted by molar-refractivity contribution is 0.358. The van der Waals surface area contributed by atoms with E-state index in [1.165, 1.54) is 6.07 Å². The fraction of sp³-hybridized carbons (Fsp3) is 0.556. The molecule has 0 fully saturated rings. The molecule has 4 nitrogen and oxygen atoms in total. The molecule has 0 aliphatic carbocycles. The molecule has 17 heavy (non-hydrogen) atoms. The Hall–Kier alpha value is 0.340. The zero-order valence-corrected chi connectivity index (χ0v) is 13.5. The highest BCUT2D eigenvalue weighted by atomic mass is 79.9. The number of hydrogen-bond donors (Lipinski definition) is 1. The third-order valence-electron chi connectivity index (χ3n) is 2.21. The fourth-order valence-electron chi connectivity index (χ4n) is 1.06. The summed E-state index contributed by atoms with van der Waals surface area (Å²) in [7, 11) is -1.50. The van der Waals surface area contributed by atoms with E-state index in [9.17, 15) is 8.42 Å². The molecule has 0 radical (unpaired) electrons. The molecule has 1 aromatic rings. The van der Waals surface area contributed by atoms with Crippen molar-refractivity contribution in [3.63, 3.8) is 0 Å². The maximum Gasteiger partial charge on any atom is 0.250 e. The Labute approximate surface area is 119 Å². The van der Waals surface area contributed by atoms with E-state index in [0.29, 0.717) is 21.9 Å². The van der Waals surface area contributed by atoms with Crippen molar-refractivity contribution in [3.05, 3.63) is 14.9 Å². The van der Waals surface area contributed by atoms with Gasteiger partial charge in [0.15, 0.2) is 0 Å². The monoisotopic (exact) mass is 360 g/mol. The van der Waals surface area contributed by atoms with Gasteiger partial charge in [-0.25, -0.2) is 13.1 Å². The minimum atomic E-state index is -3.44. The first-order chi connectivity index (χ1) is 7.86. The lowest BCUT2D eigenvalue weighted by Crippen LogP contribution is -2.32. The molecule has 1 heterocycles. The molecular formula is C9H14BrClN2O2S2. The first kappa shape index (κ1) is 15.4. The van der Waals surface area contributed by atoms with Crippen LogP contribution in [0.1, 0.15) is 6.92 Å². The van der Waals surface area contributed by atoms with Crippen molar-refractivity contribution < 1.29 is 8.42 Å². The number of likely N-dealkylation sites (N-methyl/N-ethyl adjacent to an activating group) is 1. The van der Waals surface area contributed by atoms with Gasteiger partial charge in [0.1, 0.15) is 4.21 Å². The van der Waals surface area contributed by atoms with Crippen LogP contribution in [-0.4, -0.2) is 40.0 Å². The van der Waals surface area contributed by atoms with Gasteiger partial charge in [0.2, 0.25) is 10.0 Å². The number of halogens is 2. The number of thiophene rings is 1. The van der Waals surface area contributed by atoms with Crippen LogP contribution >= 0.6 is 38.9 Å². The van der Waals surface area contributed by atoms with Crippen LogP contribution in [0.2, 0.25) is 5.02 Å². The molecule has 0 spiro atoms. The molecule has 0 atom stereocenters. The minimum Gasteiger partial charge on any atom is -0.305 e. The Morgan fingerprint density at radius 3 is 2.71 bits per heavy atom. The van der Waals surface area contributed by atoms with Crippen molar-refractivity contribution in [1.29, 1.82) is 0 Å². The molecule has 0 bridgehead atoms. The minimum absolute atomic E-state index is 0.230. The van der Waals surface area contributed by atoms with Gasteiger partial charge in [0.05, 0.1) is 8.81 Å². The Morgan fingerprint density at radius 2 is 2.24 bits per heavy atom. The summed E-state index contributed by atoms with van der Waals surface area (Å²) in [6.07, 6.45) is 0. The van der Waals surface area contributed by atoms with Gasteiger partial charge in [-0.2, -0.15) is 0 Å². The highest BCUT2D eigenvalue weighted by Gasteiger charge is 2.18. The first-order valence-electron chi connectivity index (χ1n) is 5.00. The molecule has 1 N–H and O–H groups in total. The summed E-state index contributed by atoms with van der Waals surface area (Å²) in [5, 5.41) is 0.418. The van der Waals surface area contributed by atoms with E-state index in [2.05, 4.69) is 20.7 Å². The number of sulfonamides is 1. The molecule has 1 rings (SSSR count). The Bertz CT molecular complexity index is 456. The largest absolute Gasteiger partial charge is 0.305 e. The van der Waals surface area contributed by atoms with Crippen molar-refractivity contribution in [2.45, 2.75) is 11.1 Å². The van der Waals surface area contributed by atoms with E-state index in [0.717, 1.165) is 17.9 Å². The predicted octanol–water partition coefficient (Wildman–Crippen LogP) is 2.39. The van der Waals surface area contributed by atoms with Gasteiger partial charge in [-0.3, -0.25) is 0 Å². The second-order valence-corrected chi connectivity index (χ2v) is 8.25. The van der Waals surface area contributed by atoms with Crippen molar-refractivity contribution >= 4 is 48.9 Å². The van der Waals surface area contributed by atoms with Gasteiger partial charge in [-0.15, -0.1) is 11.3 Å². The van der Waals surface area contributed by atoms with Crippen molar-refractivity contribution in [3.8, 4) is 0 Å². The van der Waals surface area contributed by atoms with Crippen LogP contribution in [0.15, 0.2) is 14.1 Å². The summed E-state index contributed by atoms with van der Waals surface area (Å²) in [5.74, 6) is 0. The van der Waals surface area contributed by atoms with Gasteiger partial charge in [-0.05, 0) is 35.6 Å². The van der Waals surface area contributed by atoms with Crippen molar-refractivity contribution in [1.82, 2.24) is 9.62 Å². The molecule has 98 valence electrons. The molecule has 0 unspecified atom stereocenters. The first-order valence-corrected chi connectivity index (χ1v) is 8.47. The molecule has 0 saturated carbocycles. The van der Waals surface area contributed by atoms with Crippen LogP contribution in [0.3, 0.4) is 0 Å². The molecule has 8 heteroatoms. The molecule has 0 aliphatic heterocycles. The zero-order chi connectivity index (χ0) is 13.1. The Kier molecular flexibility index (Phi) is 5.88. The quantitative estimate of drug-likeness (QED) is 0.846. The lowest BCUT2D eigenvalue weighted by Gasteiger charge is -2.13. The standard InChI is InChI=1S/C9H14BrClN2O2S2/c1-3-13(2)5-4-12-17(14,15)8-6-7(11)9(10)16-8/h6,12H,3-5H2,1-2H3. The maximum absolute atomic E-state index is 11.9. The van der Waals surface area contributed by atoms with Crippen LogP contribution in [0.5, 0.6) is 0 Å². The maximum atomic E-state index is 11.9. The lowest BCUT2D eigenvalue weighted by atomic mass is 10.5. The fourth-order valence-corrected chi connectivity index (χ4v) is 4.52. The molecular weight excluding hydrogens is 348 g/mol. The van der Waals surface area contributed by atoms with Gasteiger partial charge in [-0.1, -0.05) is 18.5 Å². The molecule has 0 aromatic carbocycles. The molecule has 0 saturated heterocycles. The predicted molar refractivity (Wildman–Crippen MR) is 75.4 cm³/mol. The second kappa shape index (κ2) is 6.49. The van der Waals surface area contributed by atoms with E-state index in [1.54, 1.807) is 0 Å². The summed E-state index contributed by atoms with van der Waals surface area (Å²) >= 11 is 10.1. The zero-order valence-electron chi connectivity index (χ0n) is 9.53. The summed E-state index contributed by atoms with van der Waals surface area (Å²) in [5.41, 5.74) is 0. The number of rotatable bonds is 6. The third kappa shape index (κ3) is 4.50. The molecule has 0 aliphatic rings. The van der Waals surface area contributed by atoms with Gasteiger partial charge >= 0.3 is 0 Å². The van der Waals surface area contributed by atoms with E-state index in [1.807, 2.05) is 18.9 Å². The highest BCUT2D eigenvalue weighted by molar-refractivity contribution is 9.11. The van der Waals surface area contributed by atoms with Gasteiger partial charge < -0.3 is 4.90 Å². The van der Waals surface area contributed by atoms with E-state index in [-0.39, 0.29) is 4.21 Å². The van der Waals surface area contributed by atoms with Gasteiger partial charge in [0.25, 0.3) is 0 Å². The smallest absolute Gasteiger partial charge is 0.250 e. The van der Waals surface area contributed by atoms with Gasteiger partial charge in [0, 0.05) is 13.1 Å². The van der Waals surface area contributed by atoms with Crippen LogP contribution in [0.25, 0.3) is 0 Å². The number of hydrogen-bond acceptors (Lipinski definition) is 4. The highest BCUT2D eigenvalue weighted by Crippen LogP contribution is 2.34. The third-order valence-corrected chi connectivity index (χ3v) is 6.62. The normalized spacial score (nSPS) is 12.3. The van der Waals surface area contributed by atoms with E-state index < -0.39 is 10.0 Å². The van der Waals surface area contributed by atoms with Crippen LogP contribution in [0.4, 0.5) is 0 Å². The molecule has 1 aromatic heterocycles. The molecule has 0 amide bonds. The second-order valence-electron chi connectivity index (χ2n) is 3.48. The topological polar surface area (TPSA) is 49.4 Å². The Morgan fingerprint density at radius 1 is 1.59 bits per heavy atom. The summed E-state index contributed by atoms with van der Waals surface area (Å²) in [6.45, 7) is 3.97. The summed E-state index contributed by atoms with van der Waals surface area (Å²) in [4.78, 5) is 2.03. The Balaban J connectivity index is 2.63. The van der Waals surface area contributed by atoms with Crippen molar-refractivity contribution in [2.75, 3.05) is 26.7 Å². The van der Waals surface area contributed by atoms with Crippen LogP contribution < -0.4 is 4.72 Å². The number of nitrogens with zero attached hydrogens (tertiary/aromatic N) is 1. The number of nitrogens with one attached hydrogen (secondary N) is 1. The SMILES string of the molecule is CCN(C)CCNS(=O)(=O)c1cc(Cl)c(Br)s1.